The number of non-ortho nitro benzene ring substituents is 1. The van der Waals surface area contributed by atoms with E-state index >= 15 is 0 Å². The molecular formula is C29H29ClN6O8. The van der Waals surface area contributed by atoms with Crippen LogP contribution in [-0.2, 0) is 20.9 Å². The van der Waals surface area contributed by atoms with E-state index in [1.807, 2.05) is 35.2 Å². The molecule has 15 heteroatoms. The van der Waals surface area contributed by atoms with Gasteiger partial charge in [-0.15, -0.1) is 10.2 Å². The summed E-state index contributed by atoms with van der Waals surface area (Å²) in [6, 6.07) is 14.1. The molecule has 0 unspecified atom stereocenters. The normalized spacial score (nSPS) is 10.7. The zero-order valence-electron chi connectivity index (χ0n) is 24.1. The molecule has 1 amide bonds. The van der Waals surface area contributed by atoms with Crippen molar-refractivity contribution in [2.24, 2.45) is 10.2 Å². The lowest BCUT2D eigenvalue weighted by atomic mass is 10.1. The molecule has 0 heterocycles. The molecule has 1 N–H and O–H groups in total. The molecule has 0 bridgehead atoms. The van der Waals surface area contributed by atoms with E-state index in [1.165, 1.54) is 20.1 Å². The van der Waals surface area contributed by atoms with Crippen molar-refractivity contribution in [2.75, 3.05) is 30.5 Å². The van der Waals surface area contributed by atoms with Gasteiger partial charge < -0.3 is 19.7 Å². The van der Waals surface area contributed by atoms with Crippen LogP contribution in [0.4, 0.5) is 34.1 Å². The molecule has 14 nitrogen and oxygen atoms in total. The smallest absolute Gasteiger partial charge is 0.307 e. The Morgan fingerprint density at radius 2 is 1.75 bits per heavy atom. The average molecular weight is 625 g/mol. The molecule has 3 aromatic rings. The van der Waals surface area contributed by atoms with Gasteiger partial charge in [-0.2, -0.15) is 0 Å². The van der Waals surface area contributed by atoms with Gasteiger partial charge in [0.1, 0.15) is 18.0 Å². The highest BCUT2D eigenvalue weighted by Gasteiger charge is 2.24. The average Bonchev–Trinajstić information content (AvgIpc) is 2.97. The van der Waals surface area contributed by atoms with Crippen molar-refractivity contribution in [3.05, 3.63) is 97.6 Å². The predicted octanol–water partition coefficient (Wildman–Crippen LogP) is 7.05. The number of methoxy groups -OCH3 is 1. The Morgan fingerprint density at radius 3 is 2.34 bits per heavy atom. The lowest BCUT2D eigenvalue weighted by molar-refractivity contribution is -0.393. The number of nitrogens with zero attached hydrogens (tertiary/aromatic N) is 5. The number of hydrogen-bond donors (Lipinski definition) is 1. The fourth-order valence-corrected chi connectivity index (χ4v) is 4.20. The first-order chi connectivity index (χ1) is 20.9. The number of nitro benzene ring substituents is 2. The first-order valence-corrected chi connectivity index (χ1v) is 13.4. The number of carbonyl (C=O) groups excluding carboxylic acids is 2. The Labute approximate surface area is 257 Å². The van der Waals surface area contributed by atoms with Crippen LogP contribution < -0.4 is 15.0 Å². The van der Waals surface area contributed by atoms with Gasteiger partial charge >= 0.3 is 11.7 Å². The van der Waals surface area contributed by atoms with Gasteiger partial charge in [-0.25, -0.2) is 0 Å². The molecule has 0 aliphatic carbocycles. The Kier molecular flexibility index (Phi) is 11.4. The van der Waals surface area contributed by atoms with E-state index in [0.29, 0.717) is 17.8 Å². The second-order valence-electron chi connectivity index (χ2n) is 9.51. The van der Waals surface area contributed by atoms with Crippen molar-refractivity contribution in [1.82, 2.24) is 0 Å². The van der Waals surface area contributed by atoms with Gasteiger partial charge in [0.25, 0.3) is 5.69 Å². The molecule has 0 saturated carbocycles. The Balaban J connectivity index is 2.09. The van der Waals surface area contributed by atoms with Crippen molar-refractivity contribution >= 4 is 57.6 Å². The Morgan fingerprint density at radius 1 is 1.05 bits per heavy atom. The molecule has 0 aliphatic heterocycles. The molecule has 0 spiro atoms. The Bertz CT molecular complexity index is 1610. The number of nitrogens with one attached hydrogen (secondary N) is 1. The predicted molar refractivity (Wildman–Crippen MR) is 164 cm³/mol. The first-order valence-electron chi connectivity index (χ1n) is 13.0. The molecule has 3 aromatic carbocycles. The number of amides is 1. The van der Waals surface area contributed by atoms with Crippen molar-refractivity contribution in [1.29, 1.82) is 0 Å². The van der Waals surface area contributed by atoms with Crippen LogP contribution in [0.5, 0.6) is 5.75 Å². The highest BCUT2D eigenvalue weighted by Crippen LogP contribution is 2.43. The molecule has 0 saturated heterocycles. The van der Waals surface area contributed by atoms with Gasteiger partial charge in [-0.3, -0.25) is 29.8 Å². The molecule has 0 radical (unpaired) electrons. The molecular weight excluding hydrogens is 596 g/mol. The highest BCUT2D eigenvalue weighted by atomic mass is 35.5. The minimum absolute atomic E-state index is 0.0303. The summed E-state index contributed by atoms with van der Waals surface area (Å²) in [7, 11) is 1.41. The van der Waals surface area contributed by atoms with Gasteiger partial charge in [0.2, 0.25) is 5.91 Å². The topological polar surface area (TPSA) is 179 Å². The highest BCUT2D eigenvalue weighted by molar-refractivity contribution is 6.33. The van der Waals surface area contributed by atoms with Crippen LogP contribution in [0.25, 0.3) is 0 Å². The second kappa shape index (κ2) is 15.2. The maximum absolute atomic E-state index is 12.4. The van der Waals surface area contributed by atoms with Crippen LogP contribution in [0.3, 0.4) is 0 Å². The van der Waals surface area contributed by atoms with Crippen molar-refractivity contribution in [3.63, 3.8) is 0 Å². The molecule has 230 valence electrons. The van der Waals surface area contributed by atoms with E-state index in [2.05, 4.69) is 22.1 Å². The van der Waals surface area contributed by atoms with Gasteiger partial charge in [0, 0.05) is 32.1 Å². The minimum Gasteiger partial charge on any atom is -0.494 e. The number of halogens is 1. The molecule has 44 heavy (non-hydrogen) atoms. The van der Waals surface area contributed by atoms with Crippen molar-refractivity contribution < 1.29 is 28.9 Å². The van der Waals surface area contributed by atoms with Crippen molar-refractivity contribution in [3.8, 4) is 5.75 Å². The summed E-state index contributed by atoms with van der Waals surface area (Å²) in [5.74, 6) is -0.599. The van der Waals surface area contributed by atoms with E-state index < -0.39 is 38.8 Å². The van der Waals surface area contributed by atoms with Crippen LogP contribution in [0.15, 0.2) is 77.0 Å². The standard InChI is InChI=1S/C29H29ClN6O8/c1-18(2)17-44-28(38)10-11-34(16-20-8-6-5-7-9-20)25-14-23(31-19(3)37)24(15-27(25)43-4)32-33-29-22(30)12-21(35(39)40)13-26(29)36(41)42/h5-9,12-15H,1,10-11,16-17H2,2-4H3,(H,31,37). The number of nitro groups is 2. The lowest BCUT2D eigenvalue weighted by Crippen LogP contribution is -2.27. The van der Waals surface area contributed by atoms with Gasteiger partial charge in [0.15, 0.2) is 5.69 Å². The zero-order valence-corrected chi connectivity index (χ0v) is 24.9. The second-order valence-corrected chi connectivity index (χ2v) is 9.91. The quantitative estimate of drug-likeness (QED) is 0.0646. The zero-order chi connectivity index (χ0) is 32.4. The van der Waals surface area contributed by atoms with Crippen LogP contribution in [0.2, 0.25) is 5.02 Å². The number of esters is 1. The SMILES string of the molecule is C=C(C)COC(=O)CCN(Cc1ccccc1)c1cc(NC(C)=O)c(N=Nc2c(Cl)cc([N+](=O)[O-])cc2[N+](=O)[O-])cc1OC. The third-order valence-electron chi connectivity index (χ3n) is 5.92. The number of azo groups is 1. The monoisotopic (exact) mass is 624 g/mol. The summed E-state index contributed by atoms with van der Waals surface area (Å²) in [6.45, 7) is 7.43. The van der Waals surface area contributed by atoms with E-state index in [-0.39, 0.29) is 41.7 Å². The Hall–Kier alpha value is -5.37. The number of ether oxygens (including phenoxy) is 2. The van der Waals surface area contributed by atoms with Gasteiger partial charge in [-0.05, 0) is 24.1 Å². The van der Waals surface area contributed by atoms with Gasteiger partial charge in [-0.1, -0.05) is 48.5 Å². The maximum Gasteiger partial charge on any atom is 0.307 e. The maximum atomic E-state index is 12.4. The van der Waals surface area contributed by atoms with E-state index in [1.54, 1.807) is 13.0 Å². The fraction of sp³-hybridized carbons (Fsp3) is 0.241. The van der Waals surface area contributed by atoms with E-state index in [4.69, 9.17) is 21.1 Å². The number of benzene rings is 3. The summed E-state index contributed by atoms with van der Waals surface area (Å²) in [4.78, 5) is 47.5. The summed E-state index contributed by atoms with van der Waals surface area (Å²) in [6.07, 6.45) is 0.0303. The number of anilines is 2. The summed E-state index contributed by atoms with van der Waals surface area (Å²) < 4.78 is 10.9. The number of carbonyl (C=O) groups is 2. The molecule has 0 aliphatic rings. The van der Waals surface area contributed by atoms with Crippen LogP contribution in [-0.4, -0.2) is 42.0 Å². The van der Waals surface area contributed by atoms with Crippen molar-refractivity contribution in [2.45, 2.75) is 26.8 Å². The summed E-state index contributed by atoms with van der Waals surface area (Å²) in [5.41, 5.74) is 0.591. The minimum atomic E-state index is -0.867. The molecule has 3 rings (SSSR count). The first kappa shape index (κ1) is 33.1. The number of hydrogen-bond acceptors (Lipinski definition) is 11. The van der Waals surface area contributed by atoms with E-state index in [9.17, 15) is 29.8 Å². The molecule has 0 atom stereocenters. The number of rotatable bonds is 14. The van der Waals surface area contributed by atoms with Crippen LogP contribution in [0.1, 0.15) is 25.8 Å². The fourth-order valence-electron chi connectivity index (χ4n) is 3.95. The van der Waals surface area contributed by atoms with Crippen LogP contribution in [0, 0.1) is 20.2 Å². The van der Waals surface area contributed by atoms with E-state index in [0.717, 1.165) is 17.7 Å². The molecule has 0 aromatic heterocycles. The summed E-state index contributed by atoms with van der Waals surface area (Å²) in [5, 5.41) is 33.1. The van der Waals surface area contributed by atoms with Gasteiger partial charge in [0.05, 0.1) is 45.8 Å². The third-order valence-corrected chi connectivity index (χ3v) is 6.21. The third kappa shape index (κ3) is 9.06. The van der Waals surface area contributed by atoms with Crippen LogP contribution >= 0.6 is 11.6 Å². The largest absolute Gasteiger partial charge is 0.494 e. The summed E-state index contributed by atoms with van der Waals surface area (Å²) >= 11 is 6.11. The lowest BCUT2D eigenvalue weighted by Gasteiger charge is -2.27. The molecule has 0 fully saturated rings.